The van der Waals surface area contributed by atoms with Crippen molar-refractivity contribution in [3.8, 4) is 0 Å². The van der Waals surface area contributed by atoms with Gasteiger partial charge in [0, 0.05) is 17.5 Å². The fourth-order valence-electron chi connectivity index (χ4n) is 3.82. The van der Waals surface area contributed by atoms with Crippen LogP contribution in [-0.4, -0.2) is 44.1 Å². The van der Waals surface area contributed by atoms with E-state index in [1.807, 2.05) is 49.4 Å². The number of benzene rings is 2. The van der Waals surface area contributed by atoms with Crippen LogP contribution < -0.4 is 0 Å². The van der Waals surface area contributed by atoms with E-state index in [0.717, 1.165) is 20.4 Å². The average molecular weight is 471 g/mol. The van der Waals surface area contributed by atoms with Crippen molar-refractivity contribution in [2.45, 2.75) is 23.7 Å². The largest absolute Gasteiger partial charge is 0.464 e. The molecule has 2 amide bonds. The van der Waals surface area contributed by atoms with Crippen molar-refractivity contribution in [2.75, 3.05) is 6.61 Å². The van der Waals surface area contributed by atoms with Crippen molar-refractivity contribution in [2.24, 2.45) is 0 Å². The molecule has 2 heterocycles. The fraction of sp³-hybridized carbons (Fsp3) is 0.227. The summed E-state index contributed by atoms with van der Waals surface area (Å²) in [6.07, 6.45) is -0.260. The molecule has 8 heteroatoms. The average Bonchev–Trinajstić information content (AvgIpc) is 3.34. The van der Waals surface area contributed by atoms with Crippen LogP contribution in [0.15, 0.2) is 60.8 Å². The van der Waals surface area contributed by atoms with Crippen molar-refractivity contribution >= 4 is 44.9 Å². The predicted octanol–water partition coefficient (Wildman–Crippen LogP) is 4.75. The molecule has 4 rings (SSSR count). The topological polar surface area (TPSA) is 88.8 Å². The second-order valence-corrected chi connectivity index (χ2v) is 8.14. The first-order valence-electron chi connectivity index (χ1n) is 9.42. The van der Waals surface area contributed by atoms with Gasteiger partial charge in [0.05, 0.1) is 5.52 Å². The quantitative estimate of drug-likeness (QED) is 0.555. The van der Waals surface area contributed by atoms with E-state index in [2.05, 4.69) is 15.9 Å². The van der Waals surface area contributed by atoms with Crippen LogP contribution in [0.1, 0.15) is 30.0 Å². The number of fused-ring (bicyclic) bond motifs is 1. The number of carboxylic acid groups (broad SMARTS) is 1. The molecule has 0 aliphatic carbocycles. The van der Waals surface area contributed by atoms with Crippen molar-refractivity contribution in [3.63, 3.8) is 0 Å². The predicted molar refractivity (Wildman–Crippen MR) is 114 cm³/mol. The summed E-state index contributed by atoms with van der Waals surface area (Å²) in [5.74, 6) is -0.821. The maximum Gasteiger partial charge on any atom is 0.417 e. The molecule has 30 heavy (non-hydrogen) atoms. The van der Waals surface area contributed by atoms with Gasteiger partial charge >= 0.3 is 12.2 Å². The van der Waals surface area contributed by atoms with Gasteiger partial charge in [-0.3, -0.25) is 9.36 Å². The van der Waals surface area contributed by atoms with Gasteiger partial charge < -0.3 is 9.84 Å². The molecule has 7 nitrogen and oxygen atoms in total. The first-order valence-corrected chi connectivity index (χ1v) is 10.3. The Morgan fingerprint density at radius 1 is 1.13 bits per heavy atom. The summed E-state index contributed by atoms with van der Waals surface area (Å²) in [6.45, 7) is 1.92. The zero-order valence-corrected chi connectivity index (χ0v) is 17.7. The first kappa shape index (κ1) is 20.2. The molecule has 2 aromatic carbocycles. The van der Waals surface area contributed by atoms with Gasteiger partial charge in [0.2, 0.25) is 5.91 Å². The van der Waals surface area contributed by atoms with E-state index in [-0.39, 0.29) is 6.61 Å². The van der Waals surface area contributed by atoms with Crippen molar-refractivity contribution in [1.29, 1.82) is 0 Å². The lowest BCUT2D eigenvalue weighted by Gasteiger charge is -2.25. The number of alkyl halides is 1. The van der Waals surface area contributed by atoms with Crippen LogP contribution in [0.2, 0.25) is 0 Å². The number of carbonyl (C=O) groups is 3. The molecule has 1 aliphatic rings. The third kappa shape index (κ3) is 3.37. The van der Waals surface area contributed by atoms with E-state index in [1.165, 1.54) is 6.20 Å². The molecule has 0 spiro atoms. The highest BCUT2D eigenvalue weighted by Crippen LogP contribution is 2.36. The van der Waals surface area contributed by atoms with Gasteiger partial charge in [0.1, 0.15) is 17.5 Å². The second kappa shape index (κ2) is 7.95. The molecule has 1 fully saturated rings. The molecule has 1 saturated heterocycles. The van der Waals surface area contributed by atoms with Gasteiger partial charge in [-0.15, -0.1) is 0 Å². The highest BCUT2D eigenvalue weighted by atomic mass is 79.9. The number of aromatic nitrogens is 1. The Kier molecular flexibility index (Phi) is 5.34. The Morgan fingerprint density at radius 3 is 2.50 bits per heavy atom. The number of rotatable bonds is 4. The monoisotopic (exact) mass is 470 g/mol. The molecule has 1 aliphatic heterocycles. The number of hydrogen-bond donors (Lipinski definition) is 1. The Hall–Kier alpha value is -3.13. The Balaban J connectivity index is 1.66. The van der Waals surface area contributed by atoms with E-state index in [0.29, 0.717) is 11.1 Å². The lowest BCUT2D eigenvalue weighted by Crippen LogP contribution is -2.40. The molecule has 154 valence electrons. The van der Waals surface area contributed by atoms with Crippen LogP contribution in [0.25, 0.3) is 10.9 Å². The van der Waals surface area contributed by atoms with Gasteiger partial charge in [-0.2, -0.15) is 0 Å². The van der Waals surface area contributed by atoms with Crippen LogP contribution in [0.5, 0.6) is 0 Å². The third-order valence-electron chi connectivity index (χ3n) is 5.41. The Morgan fingerprint density at radius 2 is 1.80 bits per heavy atom. The minimum atomic E-state index is -1.10. The first-order chi connectivity index (χ1) is 14.4. The molecule has 0 radical (unpaired) electrons. The van der Waals surface area contributed by atoms with Crippen molar-refractivity contribution < 1.29 is 24.2 Å². The molecule has 0 saturated carbocycles. The Labute approximate surface area is 181 Å². The number of hydrogen-bond acceptors (Lipinski definition) is 4. The number of ether oxygens (including phenoxy) is 1. The summed E-state index contributed by atoms with van der Waals surface area (Å²) in [5.41, 5.74) is 2.06. The molecular weight excluding hydrogens is 452 g/mol. The number of carbonyl (C=O) groups excluding carboxylic acids is 2. The zero-order chi connectivity index (χ0) is 21.4. The smallest absolute Gasteiger partial charge is 0.417 e. The van der Waals surface area contributed by atoms with E-state index >= 15 is 0 Å². The maximum atomic E-state index is 13.3. The number of imide groups is 1. The second-order valence-electron chi connectivity index (χ2n) is 7.16. The summed E-state index contributed by atoms with van der Waals surface area (Å²) in [7, 11) is 0. The summed E-state index contributed by atoms with van der Waals surface area (Å²) >= 11 is 3.46. The van der Waals surface area contributed by atoms with E-state index in [1.54, 1.807) is 12.1 Å². The summed E-state index contributed by atoms with van der Waals surface area (Å²) in [4.78, 5) is 37.6. The number of halogens is 1. The van der Waals surface area contributed by atoms with Crippen LogP contribution in [-0.2, 0) is 9.53 Å². The van der Waals surface area contributed by atoms with Gasteiger partial charge in [-0.05, 0) is 17.2 Å². The highest BCUT2D eigenvalue weighted by molar-refractivity contribution is 9.10. The summed E-state index contributed by atoms with van der Waals surface area (Å²) in [5, 5.41) is 10.3. The third-order valence-corrected chi connectivity index (χ3v) is 6.59. The molecule has 3 atom stereocenters. The number of cyclic esters (lactones) is 1. The Bertz CT molecular complexity index is 1130. The number of amides is 2. The number of para-hydroxylation sites is 1. The van der Waals surface area contributed by atoms with Gasteiger partial charge in [-0.1, -0.05) is 71.4 Å². The van der Waals surface area contributed by atoms with Crippen LogP contribution in [0, 0.1) is 0 Å². The van der Waals surface area contributed by atoms with Crippen LogP contribution in [0.3, 0.4) is 0 Å². The lowest BCUT2D eigenvalue weighted by molar-refractivity contribution is -0.128. The molecule has 1 N–H and O–H groups in total. The zero-order valence-electron chi connectivity index (χ0n) is 16.1. The van der Waals surface area contributed by atoms with E-state index < -0.39 is 34.9 Å². The lowest BCUT2D eigenvalue weighted by atomic mass is 9.96. The highest BCUT2D eigenvalue weighted by Gasteiger charge is 2.42. The van der Waals surface area contributed by atoms with Gasteiger partial charge in [0.25, 0.3) is 0 Å². The minimum absolute atomic E-state index is 0.0982. The minimum Gasteiger partial charge on any atom is -0.464 e. The van der Waals surface area contributed by atoms with Crippen molar-refractivity contribution in [3.05, 3.63) is 71.9 Å². The van der Waals surface area contributed by atoms with Crippen molar-refractivity contribution in [1.82, 2.24) is 9.47 Å². The van der Waals surface area contributed by atoms with E-state index in [9.17, 15) is 19.5 Å². The summed E-state index contributed by atoms with van der Waals surface area (Å²) in [6, 6.07) is 15.9. The SMILES string of the molecule is C[C@@H](c1cn(C(=O)O)c2ccccc12)[C@@H](Br)C(=O)N1C(=O)OC[C@H]1c1ccccc1. The van der Waals surface area contributed by atoms with Gasteiger partial charge in [-0.25, -0.2) is 14.5 Å². The number of nitrogens with zero attached hydrogens (tertiary/aromatic N) is 2. The molecule has 0 bridgehead atoms. The molecular formula is C22H19BrN2O5. The fourth-order valence-corrected chi connectivity index (χ4v) is 4.32. The van der Waals surface area contributed by atoms with E-state index in [4.69, 9.17) is 4.74 Å². The maximum absolute atomic E-state index is 13.3. The van der Waals surface area contributed by atoms with Crippen LogP contribution in [0.4, 0.5) is 9.59 Å². The molecule has 1 aromatic heterocycles. The van der Waals surface area contributed by atoms with Crippen LogP contribution >= 0.6 is 15.9 Å². The van der Waals surface area contributed by atoms with Gasteiger partial charge in [0.15, 0.2) is 0 Å². The molecule has 3 aromatic rings. The summed E-state index contributed by atoms with van der Waals surface area (Å²) < 4.78 is 6.30. The normalized spacial score (nSPS) is 18.3. The molecule has 0 unspecified atom stereocenters. The standard InChI is InChI=1S/C22H19BrN2O5/c1-13(16-11-24(21(27)28)17-10-6-5-9-15(16)17)19(23)20(26)25-18(12-30-22(25)29)14-7-3-2-4-8-14/h2-11,13,18-19H,12H2,1H3,(H,27,28)/t13-,18-,19+/m0/s1.